The topological polar surface area (TPSA) is 53.8 Å². The maximum absolute atomic E-state index is 13.3. The maximum atomic E-state index is 13.3. The first kappa shape index (κ1) is 20.4. The lowest BCUT2D eigenvalue weighted by Gasteiger charge is -2.34. The van der Waals surface area contributed by atoms with E-state index >= 15 is 0 Å². The zero-order valence-corrected chi connectivity index (χ0v) is 17.8. The van der Waals surface area contributed by atoms with Crippen molar-refractivity contribution in [3.8, 4) is 0 Å². The van der Waals surface area contributed by atoms with E-state index in [2.05, 4.69) is 0 Å². The highest BCUT2D eigenvalue weighted by Gasteiger charge is 2.29. The number of hydrogen-bond acceptors (Lipinski definition) is 3. The van der Waals surface area contributed by atoms with Crippen LogP contribution in [0.2, 0.25) is 5.02 Å². The van der Waals surface area contributed by atoms with E-state index in [1.165, 1.54) is 12.1 Å². The summed E-state index contributed by atoms with van der Waals surface area (Å²) in [4.78, 5) is 29.2. The Morgan fingerprint density at radius 2 is 1.53 bits per heavy atom. The van der Waals surface area contributed by atoms with Crippen LogP contribution in [0.15, 0.2) is 34.7 Å². The van der Waals surface area contributed by atoms with Crippen molar-refractivity contribution in [3.63, 3.8) is 0 Å². The summed E-state index contributed by atoms with van der Waals surface area (Å²) in [5.74, 6) is -0.574. The second-order valence-electron chi connectivity index (χ2n) is 7.67. The number of carbonyl (C=O) groups is 2. The number of furan rings is 1. The molecule has 30 heavy (non-hydrogen) atoms. The van der Waals surface area contributed by atoms with Gasteiger partial charge in [-0.05, 0) is 50.1 Å². The number of halogens is 2. The Morgan fingerprint density at radius 1 is 0.933 bits per heavy atom. The lowest BCUT2D eigenvalue weighted by molar-refractivity contribution is 0.0519. The van der Waals surface area contributed by atoms with Crippen LogP contribution >= 0.6 is 11.6 Å². The molecule has 1 aliphatic rings. The van der Waals surface area contributed by atoms with Crippen molar-refractivity contribution in [3.05, 3.63) is 69.2 Å². The zero-order valence-electron chi connectivity index (χ0n) is 17.1. The van der Waals surface area contributed by atoms with Crippen molar-refractivity contribution in [1.82, 2.24) is 9.80 Å². The second kappa shape index (κ2) is 7.76. The van der Waals surface area contributed by atoms with E-state index in [1.807, 2.05) is 32.9 Å². The number of rotatable bonds is 2. The zero-order chi connectivity index (χ0) is 21.6. The molecule has 2 aromatic carbocycles. The highest BCUT2D eigenvalue weighted by molar-refractivity contribution is 6.33. The van der Waals surface area contributed by atoms with Gasteiger partial charge in [-0.1, -0.05) is 23.7 Å². The highest BCUT2D eigenvalue weighted by atomic mass is 35.5. The third kappa shape index (κ3) is 3.45. The van der Waals surface area contributed by atoms with E-state index in [1.54, 1.807) is 9.80 Å². The molecule has 0 spiro atoms. The van der Waals surface area contributed by atoms with Crippen LogP contribution < -0.4 is 0 Å². The summed E-state index contributed by atoms with van der Waals surface area (Å²) in [5, 5.41) is 1.07. The van der Waals surface area contributed by atoms with E-state index in [-0.39, 0.29) is 22.4 Å². The Balaban J connectivity index is 1.51. The predicted octanol–water partition coefficient (Wildman–Crippen LogP) is 4.75. The van der Waals surface area contributed by atoms with Crippen LogP contribution in [-0.2, 0) is 0 Å². The van der Waals surface area contributed by atoms with Crippen LogP contribution in [0.3, 0.4) is 0 Å². The summed E-state index contributed by atoms with van der Waals surface area (Å²) < 4.78 is 19.2. The first-order valence-electron chi connectivity index (χ1n) is 9.81. The van der Waals surface area contributed by atoms with E-state index in [0.717, 1.165) is 33.7 Å². The molecule has 1 saturated heterocycles. The van der Waals surface area contributed by atoms with Crippen LogP contribution in [0.5, 0.6) is 0 Å². The fourth-order valence-electron chi connectivity index (χ4n) is 3.97. The molecule has 4 rings (SSSR count). The molecule has 0 unspecified atom stereocenters. The smallest absolute Gasteiger partial charge is 0.290 e. The molecule has 0 saturated carbocycles. The number of amides is 2. The SMILES string of the molecule is Cc1ccc(C)c2c(C)c(C(=O)N3CCN(C(=O)c4ccc(F)cc4Cl)CC3)oc12. The number of aryl methyl sites for hydroxylation is 3. The summed E-state index contributed by atoms with van der Waals surface area (Å²) in [6, 6.07) is 7.75. The molecule has 1 fully saturated rings. The molecule has 5 nitrogen and oxygen atoms in total. The monoisotopic (exact) mass is 428 g/mol. The summed E-state index contributed by atoms with van der Waals surface area (Å²) in [7, 11) is 0. The van der Waals surface area contributed by atoms with Crippen molar-refractivity contribution in [2.24, 2.45) is 0 Å². The maximum Gasteiger partial charge on any atom is 0.290 e. The van der Waals surface area contributed by atoms with E-state index < -0.39 is 5.82 Å². The van der Waals surface area contributed by atoms with Gasteiger partial charge in [0.25, 0.3) is 11.8 Å². The van der Waals surface area contributed by atoms with Gasteiger partial charge in [0.2, 0.25) is 0 Å². The number of fused-ring (bicyclic) bond motifs is 1. The largest absolute Gasteiger partial charge is 0.450 e. The molecular formula is C23H22ClFN2O3. The molecule has 7 heteroatoms. The Kier molecular flexibility index (Phi) is 5.28. The molecule has 0 bridgehead atoms. The predicted molar refractivity (Wildman–Crippen MR) is 114 cm³/mol. The molecule has 0 radical (unpaired) electrons. The lowest BCUT2D eigenvalue weighted by atomic mass is 10.0. The first-order valence-corrected chi connectivity index (χ1v) is 10.2. The van der Waals surface area contributed by atoms with Gasteiger partial charge in [0.05, 0.1) is 10.6 Å². The molecule has 2 amide bonds. The van der Waals surface area contributed by atoms with Gasteiger partial charge in [0, 0.05) is 37.1 Å². The van der Waals surface area contributed by atoms with Gasteiger partial charge in [-0.2, -0.15) is 0 Å². The Hall–Kier alpha value is -2.86. The number of hydrogen-bond donors (Lipinski definition) is 0. The van der Waals surface area contributed by atoms with E-state index in [9.17, 15) is 14.0 Å². The Morgan fingerprint density at radius 3 is 2.13 bits per heavy atom. The minimum Gasteiger partial charge on any atom is -0.450 e. The van der Waals surface area contributed by atoms with Gasteiger partial charge in [-0.15, -0.1) is 0 Å². The number of carbonyl (C=O) groups excluding carboxylic acids is 2. The number of benzene rings is 2. The molecule has 3 aromatic rings. The Labute approximate surface area is 179 Å². The van der Waals surface area contributed by atoms with Crippen LogP contribution in [-0.4, -0.2) is 47.8 Å². The third-order valence-corrected chi connectivity index (χ3v) is 6.01. The fraction of sp³-hybridized carbons (Fsp3) is 0.304. The van der Waals surface area contributed by atoms with Crippen LogP contribution in [0.1, 0.15) is 37.6 Å². The van der Waals surface area contributed by atoms with Crippen molar-refractivity contribution < 1.29 is 18.4 Å². The highest BCUT2D eigenvalue weighted by Crippen LogP contribution is 2.31. The first-order chi connectivity index (χ1) is 14.3. The minimum absolute atomic E-state index is 0.0853. The quantitative estimate of drug-likeness (QED) is 0.592. The molecule has 156 valence electrons. The van der Waals surface area contributed by atoms with Crippen molar-refractivity contribution in [1.29, 1.82) is 0 Å². The third-order valence-electron chi connectivity index (χ3n) is 5.69. The fourth-order valence-corrected chi connectivity index (χ4v) is 4.22. The summed E-state index contributed by atoms with van der Waals surface area (Å²) in [5.41, 5.74) is 3.91. The van der Waals surface area contributed by atoms with Gasteiger partial charge in [0.15, 0.2) is 5.76 Å². The van der Waals surface area contributed by atoms with Crippen LogP contribution in [0.25, 0.3) is 11.0 Å². The molecule has 0 aliphatic carbocycles. The van der Waals surface area contributed by atoms with Crippen LogP contribution in [0, 0.1) is 26.6 Å². The van der Waals surface area contributed by atoms with Crippen LogP contribution in [0.4, 0.5) is 4.39 Å². The van der Waals surface area contributed by atoms with Gasteiger partial charge in [-0.25, -0.2) is 4.39 Å². The molecule has 1 aromatic heterocycles. The summed E-state index contributed by atoms with van der Waals surface area (Å²) in [6.07, 6.45) is 0. The summed E-state index contributed by atoms with van der Waals surface area (Å²) >= 11 is 6.02. The molecule has 2 heterocycles. The average molecular weight is 429 g/mol. The Bertz CT molecular complexity index is 1160. The molecular weight excluding hydrogens is 407 g/mol. The van der Waals surface area contributed by atoms with Gasteiger partial charge in [-0.3, -0.25) is 9.59 Å². The normalized spacial score (nSPS) is 14.4. The van der Waals surface area contributed by atoms with E-state index in [4.69, 9.17) is 16.0 Å². The average Bonchev–Trinajstić information content (AvgIpc) is 3.08. The molecule has 0 atom stereocenters. The van der Waals surface area contributed by atoms with Gasteiger partial charge < -0.3 is 14.2 Å². The summed E-state index contributed by atoms with van der Waals surface area (Å²) in [6.45, 7) is 7.39. The number of piperazine rings is 1. The van der Waals surface area contributed by atoms with Crippen molar-refractivity contribution >= 4 is 34.4 Å². The standard InChI is InChI=1S/C23H22ClFN2O3/c1-13-4-5-14(2)20-19(13)15(3)21(30-20)23(29)27-10-8-26(9-11-27)22(28)17-7-6-16(25)12-18(17)24/h4-7,12H,8-11H2,1-3H3. The molecule has 1 aliphatic heterocycles. The number of nitrogens with zero attached hydrogens (tertiary/aromatic N) is 2. The molecule has 0 N–H and O–H groups in total. The van der Waals surface area contributed by atoms with E-state index in [0.29, 0.717) is 31.9 Å². The van der Waals surface area contributed by atoms with Crippen molar-refractivity contribution in [2.75, 3.05) is 26.2 Å². The van der Waals surface area contributed by atoms with Gasteiger partial charge >= 0.3 is 0 Å². The minimum atomic E-state index is -0.487. The van der Waals surface area contributed by atoms with Crippen molar-refractivity contribution in [2.45, 2.75) is 20.8 Å². The lowest BCUT2D eigenvalue weighted by Crippen LogP contribution is -2.50. The second-order valence-corrected chi connectivity index (χ2v) is 8.08. The van der Waals surface area contributed by atoms with Gasteiger partial charge in [0.1, 0.15) is 11.4 Å².